The Morgan fingerprint density at radius 1 is 0.846 bits per heavy atom. The second kappa shape index (κ2) is 14.3. The van der Waals surface area contributed by atoms with Crippen molar-refractivity contribution in [3.63, 3.8) is 0 Å². The number of ether oxygens (including phenoxy) is 3. The fraction of sp³-hybridized carbons (Fsp3) is 0.394. The average molecular weight is 539 g/mol. The molecular formula is C33H37F3O3. The molecule has 1 saturated heterocycles. The molecule has 3 aromatic rings. The van der Waals surface area contributed by atoms with Crippen LogP contribution in [0.25, 0.3) is 22.3 Å². The van der Waals surface area contributed by atoms with Gasteiger partial charge in [0.05, 0.1) is 19.8 Å². The minimum absolute atomic E-state index is 0.0695. The molecular weight excluding hydrogens is 501 g/mol. The van der Waals surface area contributed by atoms with Crippen molar-refractivity contribution >= 4 is 0 Å². The Labute approximate surface area is 229 Å². The van der Waals surface area contributed by atoms with E-state index in [0.29, 0.717) is 36.5 Å². The maximum absolute atomic E-state index is 15.0. The van der Waals surface area contributed by atoms with Gasteiger partial charge >= 0.3 is 0 Å². The van der Waals surface area contributed by atoms with Gasteiger partial charge < -0.3 is 14.2 Å². The highest BCUT2D eigenvalue weighted by atomic mass is 19.2. The molecule has 1 fully saturated rings. The van der Waals surface area contributed by atoms with E-state index in [4.69, 9.17) is 14.2 Å². The van der Waals surface area contributed by atoms with Crippen LogP contribution < -0.4 is 4.74 Å². The van der Waals surface area contributed by atoms with Crippen LogP contribution in [0, 0.1) is 17.5 Å². The first-order valence-electron chi connectivity index (χ1n) is 13.9. The van der Waals surface area contributed by atoms with E-state index in [1.165, 1.54) is 24.6 Å². The number of unbranched alkanes of at least 4 members (excludes halogenated alkanes) is 4. The Balaban J connectivity index is 1.39. The van der Waals surface area contributed by atoms with Crippen molar-refractivity contribution in [2.45, 2.75) is 64.1 Å². The molecule has 0 aliphatic carbocycles. The Morgan fingerprint density at radius 3 is 2.23 bits per heavy atom. The van der Waals surface area contributed by atoms with E-state index >= 15 is 4.39 Å². The summed E-state index contributed by atoms with van der Waals surface area (Å²) in [7, 11) is 0. The molecule has 39 heavy (non-hydrogen) atoms. The van der Waals surface area contributed by atoms with Crippen molar-refractivity contribution in [2.24, 2.45) is 0 Å². The summed E-state index contributed by atoms with van der Waals surface area (Å²) >= 11 is 0. The molecule has 6 heteroatoms. The second-order valence-electron chi connectivity index (χ2n) is 9.97. The predicted octanol–water partition coefficient (Wildman–Crippen LogP) is 9.21. The molecule has 3 nitrogen and oxygen atoms in total. The molecule has 0 radical (unpaired) electrons. The van der Waals surface area contributed by atoms with Gasteiger partial charge in [-0.05, 0) is 53.3 Å². The fourth-order valence-electron chi connectivity index (χ4n) is 4.78. The first-order chi connectivity index (χ1) is 19.0. The van der Waals surface area contributed by atoms with Gasteiger partial charge in [-0.1, -0.05) is 75.1 Å². The maximum atomic E-state index is 15.0. The Hall–Kier alpha value is -3.09. The molecule has 1 aliphatic rings. The number of rotatable bonds is 13. The molecule has 0 atom stereocenters. The molecule has 1 heterocycles. The summed E-state index contributed by atoms with van der Waals surface area (Å²) in [5.74, 6) is -2.49. The lowest BCUT2D eigenvalue weighted by Crippen LogP contribution is -2.31. The summed E-state index contributed by atoms with van der Waals surface area (Å²) in [5, 5.41) is 0. The van der Waals surface area contributed by atoms with Crippen molar-refractivity contribution in [3.05, 3.63) is 90.3 Å². The van der Waals surface area contributed by atoms with Crippen molar-refractivity contribution in [3.8, 4) is 28.0 Å². The third-order valence-electron chi connectivity index (χ3n) is 7.09. The summed E-state index contributed by atoms with van der Waals surface area (Å²) in [5.41, 5.74) is 2.70. The molecule has 0 spiro atoms. The lowest BCUT2D eigenvalue weighted by molar-refractivity contribution is -0.189. The third-order valence-corrected chi connectivity index (χ3v) is 7.09. The molecule has 0 amide bonds. The minimum Gasteiger partial charge on any atom is -0.490 e. The lowest BCUT2D eigenvalue weighted by Gasteiger charge is -2.29. The summed E-state index contributed by atoms with van der Waals surface area (Å²) < 4.78 is 61.5. The predicted molar refractivity (Wildman–Crippen MR) is 149 cm³/mol. The Bertz CT molecular complexity index is 1220. The van der Waals surface area contributed by atoms with Crippen molar-refractivity contribution in [1.82, 2.24) is 0 Å². The van der Waals surface area contributed by atoms with Gasteiger partial charge in [0, 0.05) is 17.9 Å². The number of hydrogen-bond donors (Lipinski definition) is 0. The average Bonchev–Trinajstić information content (AvgIpc) is 2.96. The van der Waals surface area contributed by atoms with E-state index in [1.54, 1.807) is 30.3 Å². The highest BCUT2D eigenvalue weighted by Crippen LogP contribution is 2.33. The number of hydrogen-bond acceptors (Lipinski definition) is 3. The standard InChI is InChI=1S/C33H37F3O3/c1-3-5-7-8-9-19-37-30-18-17-28(32(35)33(30)36)24-13-11-23(12-14-24)25-15-16-27(29(34)20-25)26-21-38-31(39-22-26)10-6-4-2/h4,11-18,20,26,31H,2-3,5-10,19,21-22H2,1H3. The second-order valence-corrected chi connectivity index (χ2v) is 9.97. The molecule has 3 aromatic carbocycles. The topological polar surface area (TPSA) is 27.7 Å². The van der Waals surface area contributed by atoms with Crippen LogP contribution in [0.1, 0.15) is 63.4 Å². The molecule has 0 saturated carbocycles. The molecule has 0 aromatic heterocycles. The van der Waals surface area contributed by atoms with Gasteiger partial charge in [-0.2, -0.15) is 4.39 Å². The molecule has 0 unspecified atom stereocenters. The largest absolute Gasteiger partial charge is 0.490 e. The van der Waals surface area contributed by atoms with Gasteiger partial charge in [-0.15, -0.1) is 6.58 Å². The van der Waals surface area contributed by atoms with Gasteiger partial charge in [0.15, 0.2) is 17.9 Å². The smallest absolute Gasteiger partial charge is 0.201 e. The van der Waals surface area contributed by atoms with Gasteiger partial charge in [0.1, 0.15) is 5.82 Å². The van der Waals surface area contributed by atoms with E-state index in [0.717, 1.165) is 44.1 Å². The van der Waals surface area contributed by atoms with Crippen LogP contribution in [0.15, 0.2) is 67.3 Å². The zero-order chi connectivity index (χ0) is 27.6. The first-order valence-corrected chi connectivity index (χ1v) is 13.9. The van der Waals surface area contributed by atoms with E-state index < -0.39 is 11.6 Å². The van der Waals surface area contributed by atoms with Crippen LogP contribution in [-0.4, -0.2) is 26.1 Å². The fourth-order valence-corrected chi connectivity index (χ4v) is 4.78. The summed E-state index contributed by atoms with van der Waals surface area (Å²) in [6, 6.07) is 15.1. The number of halogens is 3. The van der Waals surface area contributed by atoms with Crippen LogP contribution in [0.2, 0.25) is 0 Å². The monoisotopic (exact) mass is 538 g/mol. The van der Waals surface area contributed by atoms with E-state index in [1.807, 2.05) is 12.1 Å². The van der Waals surface area contributed by atoms with Crippen LogP contribution in [0.3, 0.4) is 0 Å². The van der Waals surface area contributed by atoms with Gasteiger partial charge in [-0.3, -0.25) is 0 Å². The summed E-state index contributed by atoms with van der Waals surface area (Å²) in [6.07, 6.45) is 8.33. The van der Waals surface area contributed by atoms with Crippen molar-refractivity contribution in [1.29, 1.82) is 0 Å². The molecule has 1 aliphatic heterocycles. The normalized spacial score (nSPS) is 17.2. The SMILES string of the molecule is C=CCCC1OCC(c2ccc(-c3ccc(-c4ccc(OCCCCCCC)c(F)c4F)cc3)cc2F)CO1. The third kappa shape index (κ3) is 7.52. The van der Waals surface area contributed by atoms with Crippen LogP contribution in [-0.2, 0) is 9.47 Å². The molecule has 208 valence electrons. The Kier molecular flexibility index (Phi) is 10.6. The zero-order valence-corrected chi connectivity index (χ0v) is 22.6. The quantitative estimate of drug-likeness (QED) is 0.160. The van der Waals surface area contributed by atoms with Gasteiger partial charge in [0.25, 0.3) is 0 Å². The number of benzene rings is 3. The highest BCUT2D eigenvalue weighted by Gasteiger charge is 2.25. The molecule has 0 bridgehead atoms. The minimum atomic E-state index is -0.981. The van der Waals surface area contributed by atoms with E-state index in [9.17, 15) is 8.78 Å². The molecule has 4 rings (SSSR count). The summed E-state index contributed by atoms with van der Waals surface area (Å²) in [6.45, 7) is 7.01. The van der Waals surface area contributed by atoms with E-state index in [2.05, 4.69) is 13.5 Å². The van der Waals surface area contributed by atoms with Crippen molar-refractivity contribution < 1.29 is 27.4 Å². The van der Waals surface area contributed by atoms with E-state index in [-0.39, 0.29) is 29.3 Å². The first kappa shape index (κ1) is 28.9. The Morgan fingerprint density at radius 2 is 1.54 bits per heavy atom. The van der Waals surface area contributed by atoms with Crippen LogP contribution in [0.4, 0.5) is 13.2 Å². The number of allylic oxidation sites excluding steroid dienone is 1. The van der Waals surface area contributed by atoms with Gasteiger partial charge in [0.2, 0.25) is 5.82 Å². The van der Waals surface area contributed by atoms with Gasteiger partial charge in [-0.25, -0.2) is 8.78 Å². The lowest BCUT2D eigenvalue weighted by atomic mass is 9.95. The molecule has 0 N–H and O–H groups in total. The zero-order valence-electron chi connectivity index (χ0n) is 22.6. The van der Waals surface area contributed by atoms with Crippen molar-refractivity contribution in [2.75, 3.05) is 19.8 Å². The highest BCUT2D eigenvalue weighted by molar-refractivity contribution is 5.71. The van der Waals surface area contributed by atoms with Crippen LogP contribution in [0.5, 0.6) is 5.75 Å². The summed E-state index contributed by atoms with van der Waals surface area (Å²) in [4.78, 5) is 0. The van der Waals surface area contributed by atoms with Crippen LogP contribution >= 0.6 is 0 Å². The maximum Gasteiger partial charge on any atom is 0.201 e.